The van der Waals surface area contributed by atoms with E-state index < -0.39 is 0 Å². The molecule has 1 aromatic carbocycles. The lowest BCUT2D eigenvalue weighted by molar-refractivity contribution is -0.899. The molecule has 0 bridgehead atoms. The van der Waals surface area contributed by atoms with Gasteiger partial charge in [-0.05, 0) is 24.6 Å². The summed E-state index contributed by atoms with van der Waals surface area (Å²) in [4.78, 5) is 13.2. The van der Waals surface area contributed by atoms with Crippen LogP contribution in [0.5, 0.6) is 0 Å². The van der Waals surface area contributed by atoms with Gasteiger partial charge in [0.05, 0.1) is 13.2 Å². The molecule has 1 aliphatic rings. The second-order valence-corrected chi connectivity index (χ2v) is 5.41. The fraction of sp³-hybridized carbons (Fsp3) is 0.462. The first-order valence-corrected chi connectivity index (χ1v) is 6.92. The predicted molar refractivity (Wildman–Crippen MR) is 73.9 cm³/mol. The zero-order valence-electron chi connectivity index (χ0n) is 10.5. The van der Waals surface area contributed by atoms with E-state index in [9.17, 15) is 4.79 Å². The number of nitrogens with one attached hydrogen (secondary N) is 2. The van der Waals surface area contributed by atoms with Crippen molar-refractivity contribution in [2.45, 2.75) is 6.92 Å². The number of carbonyl (C=O) groups is 1. The minimum Gasteiger partial charge on any atom is -0.370 e. The minimum absolute atomic E-state index is 0.0580. The Kier molecular flexibility index (Phi) is 4.74. The lowest BCUT2D eigenvalue weighted by Crippen LogP contribution is -3.15. The van der Waals surface area contributed by atoms with Gasteiger partial charge in [0.15, 0.2) is 6.54 Å². The van der Waals surface area contributed by atoms with E-state index in [1.54, 1.807) is 0 Å². The fourth-order valence-corrected chi connectivity index (χ4v) is 2.32. The average molecular weight is 314 g/mol. The van der Waals surface area contributed by atoms with Crippen molar-refractivity contribution in [3.05, 3.63) is 28.2 Å². The number of carbonyl (C=O) groups excluding carboxylic acids is 1. The Labute approximate surface area is 115 Å². The van der Waals surface area contributed by atoms with Gasteiger partial charge in [0.25, 0.3) is 5.91 Å². The molecule has 0 aliphatic carbocycles. The average Bonchev–Trinajstić information content (AvgIpc) is 2.35. The van der Waals surface area contributed by atoms with Crippen LogP contribution in [0.3, 0.4) is 0 Å². The van der Waals surface area contributed by atoms with E-state index in [-0.39, 0.29) is 5.91 Å². The first-order chi connectivity index (χ1) is 8.65. The molecule has 1 fully saturated rings. The number of hydrogen-bond donors (Lipinski definition) is 2. The summed E-state index contributed by atoms with van der Waals surface area (Å²) in [5.74, 6) is 0.0580. The quantitative estimate of drug-likeness (QED) is 0.859. The molecule has 2 N–H and O–H groups in total. The maximum atomic E-state index is 11.9. The van der Waals surface area contributed by atoms with Gasteiger partial charge in [0.1, 0.15) is 13.1 Å². The Hall–Kier alpha value is -0.910. The highest BCUT2D eigenvalue weighted by Crippen LogP contribution is 2.20. The van der Waals surface area contributed by atoms with Crippen molar-refractivity contribution in [3.63, 3.8) is 0 Å². The molecule has 0 spiro atoms. The van der Waals surface area contributed by atoms with Crippen LogP contribution < -0.4 is 10.2 Å². The number of amides is 1. The van der Waals surface area contributed by atoms with Crippen molar-refractivity contribution < 1.29 is 14.4 Å². The number of aryl methyl sites for hydroxylation is 1. The summed E-state index contributed by atoms with van der Waals surface area (Å²) < 4.78 is 6.28. The molecule has 0 aromatic heterocycles. The molecule has 0 saturated carbocycles. The largest absolute Gasteiger partial charge is 0.370 e. The van der Waals surface area contributed by atoms with Crippen LogP contribution in [-0.2, 0) is 9.53 Å². The van der Waals surface area contributed by atoms with Crippen LogP contribution in [0, 0.1) is 6.92 Å². The van der Waals surface area contributed by atoms with Gasteiger partial charge < -0.3 is 15.0 Å². The van der Waals surface area contributed by atoms with E-state index in [0.29, 0.717) is 6.54 Å². The van der Waals surface area contributed by atoms with Crippen LogP contribution >= 0.6 is 15.9 Å². The van der Waals surface area contributed by atoms with Crippen molar-refractivity contribution >= 4 is 27.5 Å². The highest BCUT2D eigenvalue weighted by Gasteiger charge is 2.17. The summed E-state index contributed by atoms with van der Waals surface area (Å²) in [6, 6.07) is 5.84. The van der Waals surface area contributed by atoms with Gasteiger partial charge in [0.2, 0.25) is 0 Å². The van der Waals surface area contributed by atoms with Gasteiger partial charge in [-0.3, -0.25) is 4.79 Å². The van der Waals surface area contributed by atoms with Gasteiger partial charge in [-0.1, -0.05) is 22.0 Å². The van der Waals surface area contributed by atoms with E-state index in [0.717, 1.165) is 42.0 Å². The van der Waals surface area contributed by atoms with Crippen molar-refractivity contribution in [1.82, 2.24) is 0 Å². The van der Waals surface area contributed by atoms with E-state index in [1.807, 2.05) is 25.1 Å². The van der Waals surface area contributed by atoms with E-state index >= 15 is 0 Å². The molecule has 0 atom stereocenters. The van der Waals surface area contributed by atoms with Crippen LogP contribution in [0.1, 0.15) is 5.56 Å². The summed E-state index contributed by atoms with van der Waals surface area (Å²) in [5.41, 5.74) is 2.00. The minimum atomic E-state index is 0.0580. The molecule has 5 heteroatoms. The molecular weight excluding hydrogens is 296 g/mol. The number of rotatable bonds is 3. The molecule has 2 rings (SSSR count). The van der Waals surface area contributed by atoms with Crippen LogP contribution in [-0.4, -0.2) is 38.8 Å². The third-order valence-electron chi connectivity index (χ3n) is 3.07. The Bertz CT molecular complexity index is 431. The maximum absolute atomic E-state index is 11.9. The van der Waals surface area contributed by atoms with Crippen LogP contribution in [0.4, 0.5) is 5.69 Å². The molecule has 4 nitrogen and oxygen atoms in total. The molecule has 1 saturated heterocycles. The number of ether oxygens (including phenoxy) is 1. The topological polar surface area (TPSA) is 42.8 Å². The van der Waals surface area contributed by atoms with Gasteiger partial charge in [-0.25, -0.2) is 0 Å². The summed E-state index contributed by atoms with van der Waals surface area (Å²) in [5, 5.41) is 2.93. The summed E-state index contributed by atoms with van der Waals surface area (Å²) >= 11 is 3.46. The second-order valence-electron chi connectivity index (χ2n) is 4.55. The van der Waals surface area contributed by atoms with Crippen molar-refractivity contribution in [3.8, 4) is 0 Å². The van der Waals surface area contributed by atoms with Crippen molar-refractivity contribution in [2.24, 2.45) is 0 Å². The number of hydrogen-bond acceptors (Lipinski definition) is 2. The normalized spacial score (nSPS) is 16.6. The Morgan fingerprint density at radius 3 is 2.83 bits per heavy atom. The summed E-state index contributed by atoms with van der Waals surface area (Å²) in [6.45, 7) is 5.84. The highest BCUT2D eigenvalue weighted by molar-refractivity contribution is 9.10. The first-order valence-electron chi connectivity index (χ1n) is 6.12. The molecule has 1 heterocycles. The zero-order valence-corrected chi connectivity index (χ0v) is 12.0. The number of halogens is 1. The number of anilines is 1. The Morgan fingerprint density at radius 2 is 2.17 bits per heavy atom. The van der Waals surface area contributed by atoms with Gasteiger partial charge >= 0.3 is 0 Å². The Balaban J connectivity index is 1.88. The van der Waals surface area contributed by atoms with Crippen LogP contribution in [0.25, 0.3) is 0 Å². The zero-order chi connectivity index (χ0) is 13.0. The standard InChI is InChI=1S/C13H17BrN2O2/c1-10-2-3-11(8-12(10)14)15-13(17)9-16-4-6-18-7-5-16/h2-3,8H,4-7,9H2,1H3,(H,15,17)/p+1. The third kappa shape index (κ3) is 3.80. The molecule has 0 radical (unpaired) electrons. The van der Waals surface area contributed by atoms with Crippen molar-refractivity contribution in [2.75, 3.05) is 38.2 Å². The molecule has 18 heavy (non-hydrogen) atoms. The maximum Gasteiger partial charge on any atom is 0.279 e. The highest BCUT2D eigenvalue weighted by atomic mass is 79.9. The van der Waals surface area contributed by atoms with E-state index in [4.69, 9.17) is 4.74 Å². The fourth-order valence-electron chi connectivity index (χ4n) is 1.94. The first kappa shape index (κ1) is 13.5. The molecule has 1 aromatic rings. The van der Waals surface area contributed by atoms with Gasteiger partial charge in [-0.15, -0.1) is 0 Å². The van der Waals surface area contributed by atoms with Crippen molar-refractivity contribution in [1.29, 1.82) is 0 Å². The molecule has 1 amide bonds. The van der Waals surface area contributed by atoms with Gasteiger partial charge in [-0.2, -0.15) is 0 Å². The number of quaternary nitrogens is 1. The van der Waals surface area contributed by atoms with Crippen LogP contribution in [0.15, 0.2) is 22.7 Å². The SMILES string of the molecule is Cc1ccc(NC(=O)C[NH+]2CCOCC2)cc1Br. The molecule has 98 valence electrons. The van der Waals surface area contributed by atoms with Gasteiger partial charge in [0, 0.05) is 10.2 Å². The lowest BCUT2D eigenvalue weighted by Gasteiger charge is -2.23. The van der Waals surface area contributed by atoms with E-state index in [2.05, 4.69) is 21.2 Å². The van der Waals surface area contributed by atoms with Crippen LogP contribution in [0.2, 0.25) is 0 Å². The Morgan fingerprint density at radius 1 is 1.44 bits per heavy atom. The molecule has 1 aliphatic heterocycles. The second kappa shape index (κ2) is 6.31. The third-order valence-corrected chi connectivity index (χ3v) is 3.92. The van der Waals surface area contributed by atoms with E-state index in [1.165, 1.54) is 4.90 Å². The summed E-state index contributed by atoms with van der Waals surface area (Å²) in [7, 11) is 0. The smallest absolute Gasteiger partial charge is 0.279 e. The predicted octanol–water partition coefficient (Wildman–Crippen LogP) is 0.611. The number of morpholine rings is 1. The summed E-state index contributed by atoms with van der Waals surface area (Å²) in [6.07, 6.45) is 0. The number of benzene rings is 1. The monoisotopic (exact) mass is 313 g/mol. The molecule has 0 unspecified atom stereocenters. The lowest BCUT2D eigenvalue weighted by atomic mass is 10.2. The molecular formula is C13H18BrN2O2+.